The fraction of sp³-hybridized carbons (Fsp3) is 0.400. The Morgan fingerprint density at radius 3 is 2.46 bits per heavy atom. The van der Waals surface area contributed by atoms with Gasteiger partial charge in [0.2, 0.25) is 10.0 Å². The van der Waals surface area contributed by atoms with E-state index in [1.165, 1.54) is 30.2 Å². The molecule has 3 rings (SSSR count). The third kappa shape index (κ3) is 4.78. The molecule has 1 fully saturated rings. The van der Waals surface area contributed by atoms with Crippen LogP contribution in [0, 0.1) is 6.92 Å². The van der Waals surface area contributed by atoms with Crippen molar-refractivity contribution in [3.05, 3.63) is 58.6 Å². The van der Waals surface area contributed by atoms with E-state index < -0.39 is 10.0 Å². The van der Waals surface area contributed by atoms with Crippen LogP contribution in [0.3, 0.4) is 0 Å². The van der Waals surface area contributed by atoms with Gasteiger partial charge in [-0.3, -0.25) is 0 Å². The topological polar surface area (TPSA) is 49.4 Å². The molecule has 0 unspecified atom stereocenters. The lowest BCUT2D eigenvalue weighted by atomic mass is 10.1. The van der Waals surface area contributed by atoms with Crippen LogP contribution in [-0.4, -0.2) is 28.1 Å². The molecule has 0 radical (unpaired) electrons. The van der Waals surface area contributed by atoms with Crippen LogP contribution in [0.25, 0.3) is 0 Å². The molecular weight excluding hydrogens is 368 g/mol. The highest BCUT2D eigenvalue weighted by Gasteiger charge is 2.16. The highest BCUT2D eigenvalue weighted by atomic mass is 35.5. The number of nitrogens with one attached hydrogen (secondary N) is 1. The highest BCUT2D eigenvalue weighted by molar-refractivity contribution is 7.89. The lowest BCUT2D eigenvalue weighted by Gasteiger charge is -2.17. The molecule has 1 N–H and O–H groups in total. The van der Waals surface area contributed by atoms with Gasteiger partial charge < -0.3 is 4.90 Å². The summed E-state index contributed by atoms with van der Waals surface area (Å²) in [6.45, 7) is 4.46. The van der Waals surface area contributed by atoms with E-state index in [1.807, 2.05) is 0 Å². The molecule has 0 bridgehead atoms. The molecule has 0 aliphatic carbocycles. The maximum Gasteiger partial charge on any atom is 0.240 e. The molecule has 0 spiro atoms. The average Bonchev–Trinajstić information content (AvgIpc) is 3.16. The van der Waals surface area contributed by atoms with Gasteiger partial charge in [0.05, 0.1) is 4.90 Å². The Bertz CT molecular complexity index is 845. The molecule has 0 saturated carbocycles. The number of benzene rings is 2. The van der Waals surface area contributed by atoms with Crippen molar-refractivity contribution in [2.45, 2.75) is 37.5 Å². The Kier molecular flexibility index (Phi) is 6.22. The second-order valence-electron chi connectivity index (χ2n) is 6.77. The third-order valence-corrected chi connectivity index (χ3v) is 6.62. The number of hydrogen-bond donors (Lipinski definition) is 1. The molecule has 6 heteroatoms. The number of sulfonamides is 1. The summed E-state index contributed by atoms with van der Waals surface area (Å²) in [5.41, 5.74) is 3.20. The number of nitrogens with zero attached hydrogens (tertiary/aromatic N) is 1. The number of anilines is 1. The molecule has 4 nitrogen and oxygen atoms in total. The Labute approximate surface area is 161 Å². The van der Waals surface area contributed by atoms with Crippen LogP contribution < -0.4 is 9.62 Å². The first-order valence-electron chi connectivity index (χ1n) is 9.05. The van der Waals surface area contributed by atoms with E-state index in [2.05, 4.69) is 33.9 Å². The largest absolute Gasteiger partial charge is 0.372 e. The molecule has 0 aromatic heterocycles. The van der Waals surface area contributed by atoms with Gasteiger partial charge in [0, 0.05) is 30.3 Å². The number of halogens is 1. The first kappa shape index (κ1) is 19.2. The summed E-state index contributed by atoms with van der Waals surface area (Å²) in [4.78, 5) is 2.66. The minimum atomic E-state index is -3.53. The first-order valence-corrected chi connectivity index (χ1v) is 10.9. The van der Waals surface area contributed by atoms with E-state index in [4.69, 9.17) is 11.6 Å². The summed E-state index contributed by atoms with van der Waals surface area (Å²) >= 11 is 5.93. The molecule has 1 aliphatic rings. The smallest absolute Gasteiger partial charge is 0.240 e. The summed E-state index contributed by atoms with van der Waals surface area (Å²) in [6.07, 6.45) is 4.14. The van der Waals surface area contributed by atoms with Crippen LogP contribution in [0.15, 0.2) is 47.4 Å². The Hall–Kier alpha value is -1.56. The summed E-state index contributed by atoms with van der Waals surface area (Å²) in [5, 5.41) is 0.425. The van der Waals surface area contributed by atoms with Crippen molar-refractivity contribution < 1.29 is 8.42 Å². The van der Waals surface area contributed by atoms with E-state index in [0.29, 0.717) is 17.1 Å². The lowest BCUT2D eigenvalue weighted by molar-refractivity contribution is 0.578. The fourth-order valence-electron chi connectivity index (χ4n) is 3.29. The minimum absolute atomic E-state index is 0.250. The van der Waals surface area contributed by atoms with Gasteiger partial charge in [-0.05, 0) is 68.0 Å². The van der Waals surface area contributed by atoms with Gasteiger partial charge in [0.1, 0.15) is 0 Å². The van der Waals surface area contributed by atoms with Gasteiger partial charge in [-0.25, -0.2) is 13.1 Å². The zero-order valence-electron chi connectivity index (χ0n) is 15.0. The number of rotatable bonds is 7. The Balaban J connectivity index is 1.51. The van der Waals surface area contributed by atoms with Crippen molar-refractivity contribution >= 4 is 27.3 Å². The maximum atomic E-state index is 12.4. The first-order chi connectivity index (χ1) is 12.5. The van der Waals surface area contributed by atoms with Crippen LogP contribution in [0.5, 0.6) is 0 Å². The van der Waals surface area contributed by atoms with E-state index in [9.17, 15) is 8.42 Å². The van der Waals surface area contributed by atoms with Crippen LogP contribution in [0.4, 0.5) is 5.69 Å². The van der Waals surface area contributed by atoms with Crippen molar-refractivity contribution in [1.82, 2.24) is 4.72 Å². The lowest BCUT2D eigenvalue weighted by Crippen LogP contribution is -2.25. The van der Waals surface area contributed by atoms with Crippen molar-refractivity contribution in [1.29, 1.82) is 0 Å². The van der Waals surface area contributed by atoms with Crippen molar-refractivity contribution in [3.63, 3.8) is 0 Å². The van der Waals surface area contributed by atoms with Crippen molar-refractivity contribution in [2.75, 3.05) is 24.5 Å². The number of hydrogen-bond acceptors (Lipinski definition) is 3. The van der Waals surface area contributed by atoms with E-state index in [-0.39, 0.29) is 4.90 Å². The monoisotopic (exact) mass is 392 g/mol. The SMILES string of the molecule is Cc1ccc(Cl)cc1S(=O)(=O)NCCCc1ccc(N2CCCC2)cc1. The second-order valence-corrected chi connectivity index (χ2v) is 8.94. The average molecular weight is 393 g/mol. The van der Waals surface area contributed by atoms with Gasteiger partial charge in [0.25, 0.3) is 0 Å². The molecule has 1 saturated heterocycles. The zero-order valence-corrected chi connectivity index (χ0v) is 16.6. The van der Waals surface area contributed by atoms with Crippen LogP contribution >= 0.6 is 11.6 Å². The summed E-state index contributed by atoms with van der Waals surface area (Å²) < 4.78 is 27.5. The summed E-state index contributed by atoms with van der Waals surface area (Å²) in [7, 11) is -3.53. The highest BCUT2D eigenvalue weighted by Crippen LogP contribution is 2.21. The minimum Gasteiger partial charge on any atom is -0.372 e. The summed E-state index contributed by atoms with van der Waals surface area (Å²) in [6, 6.07) is 13.5. The Morgan fingerprint density at radius 1 is 1.08 bits per heavy atom. The normalized spacial score (nSPS) is 14.8. The third-order valence-electron chi connectivity index (χ3n) is 4.78. The molecule has 0 amide bonds. The molecule has 1 aliphatic heterocycles. The predicted molar refractivity (Wildman–Crippen MR) is 108 cm³/mol. The molecule has 2 aromatic rings. The van der Waals surface area contributed by atoms with E-state index in [0.717, 1.165) is 25.9 Å². The van der Waals surface area contributed by atoms with Gasteiger partial charge in [-0.15, -0.1) is 0 Å². The number of aryl methyl sites for hydroxylation is 2. The van der Waals surface area contributed by atoms with Gasteiger partial charge >= 0.3 is 0 Å². The van der Waals surface area contributed by atoms with Crippen LogP contribution in [0.2, 0.25) is 5.02 Å². The van der Waals surface area contributed by atoms with Crippen molar-refractivity contribution in [2.24, 2.45) is 0 Å². The zero-order chi connectivity index (χ0) is 18.6. The van der Waals surface area contributed by atoms with Crippen molar-refractivity contribution in [3.8, 4) is 0 Å². The quantitative estimate of drug-likeness (QED) is 0.720. The molecule has 0 atom stereocenters. The van der Waals surface area contributed by atoms with E-state index in [1.54, 1.807) is 19.1 Å². The fourth-order valence-corrected chi connectivity index (χ4v) is 4.87. The molecule has 1 heterocycles. The molecule has 2 aromatic carbocycles. The molecular formula is C20H25ClN2O2S. The predicted octanol–water partition coefficient (Wildman–Crippen LogP) is 4.16. The van der Waals surface area contributed by atoms with Crippen LogP contribution in [0.1, 0.15) is 30.4 Å². The van der Waals surface area contributed by atoms with Gasteiger partial charge in [0.15, 0.2) is 0 Å². The van der Waals surface area contributed by atoms with Gasteiger partial charge in [-0.2, -0.15) is 0 Å². The molecule has 140 valence electrons. The second kappa shape index (κ2) is 8.42. The van der Waals surface area contributed by atoms with E-state index >= 15 is 0 Å². The van der Waals surface area contributed by atoms with Gasteiger partial charge in [-0.1, -0.05) is 29.8 Å². The standard InChI is InChI=1S/C20H25ClN2O2S/c1-16-6-9-18(21)15-20(16)26(24,25)22-12-4-5-17-7-10-19(11-8-17)23-13-2-3-14-23/h6-11,15,22H,2-5,12-14H2,1H3. The Morgan fingerprint density at radius 2 is 1.77 bits per heavy atom. The maximum absolute atomic E-state index is 12.4. The van der Waals surface area contributed by atoms with Crippen LogP contribution in [-0.2, 0) is 16.4 Å². The summed E-state index contributed by atoms with van der Waals surface area (Å²) in [5.74, 6) is 0. The molecule has 26 heavy (non-hydrogen) atoms.